The molecule has 1 aromatic rings. The van der Waals surface area contributed by atoms with Gasteiger partial charge in [0.1, 0.15) is 6.10 Å². The fourth-order valence-electron chi connectivity index (χ4n) is 1.74. The van der Waals surface area contributed by atoms with E-state index in [-0.39, 0.29) is 12.1 Å². The Kier molecular flexibility index (Phi) is 6.61. The lowest BCUT2D eigenvalue weighted by atomic mass is 10.2. The summed E-state index contributed by atoms with van der Waals surface area (Å²) in [5.74, 6) is -0.269. The van der Waals surface area contributed by atoms with E-state index < -0.39 is 0 Å². The molecule has 0 aliphatic carbocycles. The normalized spacial score (nSPS) is 12.6. The topological polar surface area (TPSA) is 29.5 Å². The highest BCUT2D eigenvalue weighted by molar-refractivity contribution is 5.66. The van der Waals surface area contributed by atoms with Crippen molar-refractivity contribution in [1.82, 2.24) is 4.90 Å². The fourth-order valence-corrected chi connectivity index (χ4v) is 1.74. The highest BCUT2D eigenvalue weighted by Gasteiger charge is 2.10. The van der Waals surface area contributed by atoms with Crippen molar-refractivity contribution in [2.75, 3.05) is 20.1 Å². The largest absolute Gasteiger partial charge is 0.457 e. The monoisotopic (exact) mass is 259 g/mol. The summed E-state index contributed by atoms with van der Waals surface area (Å²) in [6.45, 7) is 6.53. The number of hydrogen-bond acceptors (Lipinski definition) is 3. The van der Waals surface area contributed by atoms with Gasteiger partial charge >= 0.3 is 5.97 Å². The SMILES string of the molecule is C=CCN(C)CC(/C=C/c1ccccc1)OC(C)=O. The Bertz CT molecular complexity index is 426. The van der Waals surface area contributed by atoms with Gasteiger partial charge in [-0.15, -0.1) is 6.58 Å². The summed E-state index contributed by atoms with van der Waals surface area (Å²) in [4.78, 5) is 13.2. The number of hydrogen-bond donors (Lipinski definition) is 0. The van der Waals surface area contributed by atoms with Crippen LogP contribution in [0.2, 0.25) is 0 Å². The molecule has 3 heteroatoms. The molecule has 0 fully saturated rings. The van der Waals surface area contributed by atoms with Gasteiger partial charge in [0.2, 0.25) is 0 Å². The molecule has 0 aliphatic heterocycles. The van der Waals surface area contributed by atoms with Crippen molar-refractivity contribution < 1.29 is 9.53 Å². The summed E-state index contributed by atoms with van der Waals surface area (Å²) in [7, 11) is 1.97. The molecule has 0 radical (unpaired) electrons. The molecule has 0 saturated carbocycles. The number of esters is 1. The first-order chi connectivity index (χ1) is 9.11. The molecule has 1 unspecified atom stereocenters. The van der Waals surface area contributed by atoms with Crippen LogP contribution >= 0.6 is 0 Å². The van der Waals surface area contributed by atoms with E-state index in [1.54, 1.807) is 0 Å². The molecule has 0 spiro atoms. The zero-order valence-electron chi connectivity index (χ0n) is 11.6. The predicted octanol–water partition coefficient (Wildman–Crippen LogP) is 2.75. The fraction of sp³-hybridized carbons (Fsp3) is 0.312. The van der Waals surface area contributed by atoms with Gasteiger partial charge < -0.3 is 4.74 Å². The maximum atomic E-state index is 11.1. The van der Waals surface area contributed by atoms with Gasteiger partial charge in [-0.25, -0.2) is 0 Å². The first kappa shape index (κ1) is 15.2. The van der Waals surface area contributed by atoms with Crippen LogP contribution in [-0.4, -0.2) is 37.1 Å². The van der Waals surface area contributed by atoms with Crippen LogP contribution < -0.4 is 0 Å². The zero-order valence-corrected chi connectivity index (χ0v) is 11.6. The van der Waals surface area contributed by atoms with Gasteiger partial charge in [0.05, 0.1) is 0 Å². The summed E-state index contributed by atoms with van der Waals surface area (Å²) in [5.41, 5.74) is 1.09. The van der Waals surface area contributed by atoms with Gasteiger partial charge in [-0.2, -0.15) is 0 Å². The van der Waals surface area contributed by atoms with Crippen molar-refractivity contribution in [2.24, 2.45) is 0 Å². The average Bonchev–Trinajstić information content (AvgIpc) is 2.37. The van der Waals surface area contributed by atoms with Crippen LogP contribution in [0.5, 0.6) is 0 Å². The minimum Gasteiger partial charge on any atom is -0.457 e. The number of carbonyl (C=O) groups excluding carboxylic acids is 1. The highest BCUT2D eigenvalue weighted by atomic mass is 16.5. The Morgan fingerprint density at radius 3 is 2.68 bits per heavy atom. The van der Waals surface area contributed by atoms with E-state index in [0.717, 1.165) is 12.1 Å². The first-order valence-corrected chi connectivity index (χ1v) is 6.31. The number of ether oxygens (including phenoxy) is 1. The standard InChI is InChI=1S/C16H21NO2/c1-4-12-17(3)13-16(19-14(2)18)11-10-15-8-6-5-7-9-15/h4-11,16H,1,12-13H2,2-3H3/b11-10+. The summed E-state index contributed by atoms with van der Waals surface area (Å²) >= 11 is 0. The van der Waals surface area contributed by atoms with Gasteiger partial charge in [0.25, 0.3) is 0 Å². The van der Waals surface area contributed by atoms with E-state index in [0.29, 0.717) is 6.54 Å². The van der Waals surface area contributed by atoms with Crippen molar-refractivity contribution in [2.45, 2.75) is 13.0 Å². The van der Waals surface area contributed by atoms with Crippen molar-refractivity contribution >= 4 is 12.0 Å². The molecule has 0 saturated heterocycles. The Labute approximate surface area is 115 Å². The van der Waals surface area contributed by atoms with Crippen LogP contribution in [0, 0.1) is 0 Å². The second-order valence-electron chi connectivity index (χ2n) is 4.43. The van der Waals surface area contributed by atoms with Crippen LogP contribution in [0.1, 0.15) is 12.5 Å². The van der Waals surface area contributed by atoms with Crippen molar-refractivity contribution in [3.8, 4) is 0 Å². The Hall–Kier alpha value is -1.87. The molecule has 0 amide bonds. The lowest BCUT2D eigenvalue weighted by Crippen LogP contribution is -2.31. The number of nitrogens with zero attached hydrogens (tertiary/aromatic N) is 1. The van der Waals surface area contributed by atoms with E-state index in [1.165, 1.54) is 6.92 Å². The molecule has 0 aliphatic rings. The van der Waals surface area contributed by atoms with E-state index >= 15 is 0 Å². The molecule has 0 bridgehead atoms. The molecule has 0 heterocycles. The Morgan fingerprint density at radius 1 is 1.42 bits per heavy atom. The highest BCUT2D eigenvalue weighted by Crippen LogP contribution is 2.05. The zero-order chi connectivity index (χ0) is 14.1. The Morgan fingerprint density at radius 2 is 2.11 bits per heavy atom. The third-order valence-corrected chi connectivity index (χ3v) is 2.55. The number of rotatable bonds is 7. The van der Waals surface area contributed by atoms with Crippen LogP contribution in [0.25, 0.3) is 6.08 Å². The molecule has 0 N–H and O–H groups in total. The molecule has 102 valence electrons. The van der Waals surface area contributed by atoms with E-state index in [1.807, 2.05) is 55.6 Å². The summed E-state index contributed by atoms with van der Waals surface area (Å²) in [6, 6.07) is 9.94. The van der Waals surface area contributed by atoms with E-state index in [4.69, 9.17) is 4.74 Å². The van der Waals surface area contributed by atoms with Crippen LogP contribution in [0.3, 0.4) is 0 Å². The molecule has 1 rings (SSSR count). The smallest absolute Gasteiger partial charge is 0.303 e. The second-order valence-corrected chi connectivity index (χ2v) is 4.43. The lowest BCUT2D eigenvalue weighted by Gasteiger charge is -2.20. The van der Waals surface area contributed by atoms with Crippen LogP contribution in [0.15, 0.2) is 49.1 Å². The van der Waals surface area contributed by atoms with Gasteiger partial charge in [0.15, 0.2) is 0 Å². The summed E-state index contributed by atoms with van der Waals surface area (Å²) < 4.78 is 5.29. The summed E-state index contributed by atoms with van der Waals surface area (Å²) in [6.07, 6.45) is 5.46. The third kappa shape index (κ3) is 6.58. The molecule has 3 nitrogen and oxygen atoms in total. The molecule has 1 aromatic carbocycles. The number of benzene rings is 1. The van der Waals surface area contributed by atoms with Crippen molar-refractivity contribution in [3.05, 3.63) is 54.6 Å². The molecule has 19 heavy (non-hydrogen) atoms. The first-order valence-electron chi connectivity index (χ1n) is 6.31. The minimum atomic E-state index is -0.269. The quantitative estimate of drug-likeness (QED) is 0.557. The Balaban J connectivity index is 2.65. The maximum absolute atomic E-state index is 11.1. The van der Waals surface area contributed by atoms with E-state index in [9.17, 15) is 4.79 Å². The van der Waals surface area contributed by atoms with Gasteiger partial charge in [-0.05, 0) is 18.7 Å². The number of likely N-dealkylation sites (N-methyl/N-ethyl adjacent to an activating group) is 1. The van der Waals surface area contributed by atoms with Crippen molar-refractivity contribution in [1.29, 1.82) is 0 Å². The van der Waals surface area contributed by atoms with Crippen molar-refractivity contribution in [3.63, 3.8) is 0 Å². The van der Waals surface area contributed by atoms with Gasteiger partial charge in [0, 0.05) is 20.0 Å². The third-order valence-electron chi connectivity index (χ3n) is 2.55. The lowest BCUT2D eigenvalue weighted by molar-refractivity contribution is -0.144. The molecule has 0 aromatic heterocycles. The molecule has 1 atom stereocenters. The number of carbonyl (C=O) groups is 1. The van der Waals surface area contributed by atoms with E-state index in [2.05, 4.69) is 11.5 Å². The van der Waals surface area contributed by atoms with Gasteiger partial charge in [-0.1, -0.05) is 42.5 Å². The minimum absolute atomic E-state index is 0.248. The molecular weight excluding hydrogens is 238 g/mol. The second kappa shape index (κ2) is 8.27. The predicted molar refractivity (Wildman–Crippen MR) is 78.7 cm³/mol. The molecular formula is C16H21NO2. The average molecular weight is 259 g/mol. The summed E-state index contributed by atoms with van der Waals surface area (Å²) in [5, 5.41) is 0. The van der Waals surface area contributed by atoms with Crippen LogP contribution in [0.4, 0.5) is 0 Å². The maximum Gasteiger partial charge on any atom is 0.303 e. The van der Waals surface area contributed by atoms with Crippen LogP contribution in [-0.2, 0) is 9.53 Å². The van der Waals surface area contributed by atoms with Gasteiger partial charge in [-0.3, -0.25) is 9.69 Å².